The molecule has 0 heterocycles. The Morgan fingerprint density at radius 3 is 0.667 bits per heavy atom. The Labute approximate surface area is 101 Å². The first kappa shape index (κ1) is 76.8. The molecule has 6 heteroatoms. The molecule has 0 rings (SSSR count). The fourth-order valence-corrected chi connectivity index (χ4v) is 0. The first-order chi connectivity index (χ1) is 0. The Bertz CT molecular complexity index is 15.2. The van der Waals surface area contributed by atoms with Crippen molar-refractivity contribution in [2.75, 3.05) is 0 Å². The third kappa shape index (κ3) is 31.5. The van der Waals surface area contributed by atoms with E-state index in [4.69, 9.17) is 0 Å². The minimum atomic E-state index is 0. The molecule has 0 radical (unpaired) electrons. The predicted molar refractivity (Wildman–Crippen MR) is 18.8 cm³/mol. The van der Waals surface area contributed by atoms with Crippen molar-refractivity contribution in [1.82, 2.24) is 0 Å². The van der Waals surface area contributed by atoms with Crippen LogP contribution in [-0.4, -0.2) is 65.3 Å². The van der Waals surface area contributed by atoms with Crippen molar-refractivity contribution in [3.8, 4) is 0 Å². The van der Waals surface area contributed by atoms with Crippen molar-refractivity contribution < 1.29 is 53.4 Å². The van der Waals surface area contributed by atoms with E-state index in [1.807, 2.05) is 0 Å². The summed E-state index contributed by atoms with van der Waals surface area (Å²) in [5.74, 6) is 0. The fourth-order valence-electron chi connectivity index (χ4n) is 0. The Hall–Kier alpha value is 2.49. The minimum Gasteiger partial charge on any atom is -1.00 e. The summed E-state index contributed by atoms with van der Waals surface area (Å²) in [5, 5.41) is 0. The monoisotopic (exact) mass is 306 g/mol. The third-order valence-electron chi connectivity index (χ3n) is 0. The van der Waals surface area contributed by atoms with E-state index in [-0.39, 0.29) is 102 Å². The second-order valence-electron chi connectivity index (χ2n) is 0. The van der Waals surface area contributed by atoms with Gasteiger partial charge >= 0.3 is 48.9 Å². The van der Waals surface area contributed by atoms with Gasteiger partial charge in [-0.2, -0.15) is 0 Å². The van der Waals surface area contributed by atoms with Gasteiger partial charge in [-0.15, -0.1) is 0 Å². The fraction of sp³-hybridized carbons (Fsp3) is 0. The SMILES string of the molecule is O.O.O.[Ba+2].[Fe].[Fe].[H-].[H-]. The topological polar surface area (TPSA) is 94.5 Å². The van der Waals surface area contributed by atoms with E-state index in [1.165, 1.54) is 0 Å². The molecule has 0 amide bonds. The maximum atomic E-state index is 0. The molecule has 44 valence electrons. The molecule has 0 spiro atoms. The summed E-state index contributed by atoms with van der Waals surface area (Å²) in [4.78, 5) is 0. The summed E-state index contributed by atoms with van der Waals surface area (Å²) >= 11 is 0. The number of hydrogen-bond acceptors (Lipinski definition) is 0. The quantitative estimate of drug-likeness (QED) is 0.438. The van der Waals surface area contributed by atoms with Crippen LogP contribution < -0.4 is 0 Å². The van der Waals surface area contributed by atoms with E-state index in [0.29, 0.717) is 0 Å². The third-order valence-corrected chi connectivity index (χ3v) is 0. The average Bonchev–Trinajstić information content (AvgIpc) is 0. The van der Waals surface area contributed by atoms with E-state index in [1.54, 1.807) is 0 Å². The number of hydrogen-bond donors (Lipinski definition) is 0. The smallest absolute Gasteiger partial charge is 1.00 e. The Morgan fingerprint density at radius 2 is 0.667 bits per heavy atom. The van der Waals surface area contributed by atoms with Crippen LogP contribution in [-0.2, 0) is 34.1 Å². The Morgan fingerprint density at radius 1 is 0.667 bits per heavy atom. The molecule has 0 aliphatic rings. The van der Waals surface area contributed by atoms with Crippen LogP contribution in [0.5, 0.6) is 0 Å². The molecule has 0 aromatic carbocycles. The van der Waals surface area contributed by atoms with Gasteiger partial charge in [0.05, 0.1) is 0 Å². The van der Waals surface area contributed by atoms with Gasteiger partial charge in [0.15, 0.2) is 0 Å². The first-order valence-corrected chi connectivity index (χ1v) is 0. The molecule has 0 saturated carbocycles. The zero-order chi connectivity index (χ0) is 0. The second-order valence-corrected chi connectivity index (χ2v) is 0. The Kier molecular flexibility index (Phi) is 651. The van der Waals surface area contributed by atoms with Crippen molar-refractivity contribution in [1.29, 1.82) is 0 Å². The molecule has 0 aliphatic carbocycles. The van der Waals surface area contributed by atoms with E-state index >= 15 is 0 Å². The van der Waals surface area contributed by atoms with Gasteiger partial charge in [0.25, 0.3) is 0 Å². The molecule has 0 saturated heterocycles. The predicted octanol–water partition coefficient (Wildman–Crippen LogP) is -2.63. The van der Waals surface area contributed by atoms with Gasteiger partial charge < -0.3 is 19.3 Å². The molecule has 0 fully saturated rings. The van der Waals surface area contributed by atoms with Crippen LogP contribution in [0.1, 0.15) is 2.85 Å². The van der Waals surface area contributed by atoms with Gasteiger partial charge in [-0.25, -0.2) is 0 Å². The zero-order valence-electron chi connectivity index (χ0n) is 4.91. The van der Waals surface area contributed by atoms with Crippen molar-refractivity contribution in [3.63, 3.8) is 0 Å². The van der Waals surface area contributed by atoms with Crippen LogP contribution in [0.2, 0.25) is 0 Å². The van der Waals surface area contributed by atoms with Gasteiger partial charge in [-0.3, -0.25) is 0 Å². The normalized spacial score (nSPS) is 0. The van der Waals surface area contributed by atoms with Crippen molar-refractivity contribution >= 4 is 48.9 Å². The standard InChI is InChI=1S/Ba.2Fe.3H2O.2H/h;;;3*1H2;;/q+2;;;;;;2*-1. The number of rotatable bonds is 0. The summed E-state index contributed by atoms with van der Waals surface area (Å²) < 4.78 is 0. The second kappa shape index (κ2) is 50.9. The molecular formula is H8BaFe2O3. The van der Waals surface area contributed by atoms with Crippen molar-refractivity contribution in [2.24, 2.45) is 0 Å². The largest absolute Gasteiger partial charge is 2.00 e. The van der Waals surface area contributed by atoms with Crippen LogP contribution in [0.25, 0.3) is 0 Å². The van der Waals surface area contributed by atoms with Crippen LogP contribution in [0, 0.1) is 0 Å². The maximum absolute atomic E-state index is 0. The molecule has 6 heavy (non-hydrogen) atoms. The van der Waals surface area contributed by atoms with Crippen LogP contribution >= 0.6 is 0 Å². The minimum absolute atomic E-state index is 0. The van der Waals surface area contributed by atoms with E-state index in [0.717, 1.165) is 0 Å². The molecule has 0 unspecified atom stereocenters. The van der Waals surface area contributed by atoms with E-state index < -0.39 is 0 Å². The molecule has 0 bridgehead atoms. The summed E-state index contributed by atoms with van der Waals surface area (Å²) in [6, 6.07) is 0. The molecule has 3 nitrogen and oxygen atoms in total. The average molecular weight is 305 g/mol. The van der Waals surface area contributed by atoms with Gasteiger partial charge in [0.1, 0.15) is 0 Å². The molecule has 0 aromatic heterocycles. The van der Waals surface area contributed by atoms with Gasteiger partial charge in [0.2, 0.25) is 0 Å². The summed E-state index contributed by atoms with van der Waals surface area (Å²) in [6.07, 6.45) is 0. The van der Waals surface area contributed by atoms with Crippen LogP contribution in [0.3, 0.4) is 0 Å². The van der Waals surface area contributed by atoms with E-state index in [2.05, 4.69) is 0 Å². The van der Waals surface area contributed by atoms with Crippen molar-refractivity contribution in [2.45, 2.75) is 0 Å². The Balaban J connectivity index is 0. The molecular weight excluding hydrogens is 297 g/mol. The van der Waals surface area contributed by atoms with Crippen LogP contribution in [0.4, 0.5) is 0 Å². The molecule has 0 atom stereocenters. The van der Waals surface area contributed by atoms with Gasteiger partial charge in [-0.1, -0.05) is 0 Å². The summed E-state index contributed by atoms with van der Waals surface area (Å²) in [5.41, 5.74) is 0. The molecule has 6 N–H and O–H groups in total. The molecule has 0 aliphatic heterocycles. The maximum Gasteiger partial charge on any atom is 2.00 e. The summed E-state index contributed by atoms with van der Waals surface area (Å²) in [6.45, 7) is 0. The molecule has 0 aromatic rings. The van der Waals surface area contributed by atoms with Gasteiger partial charge in [0, 0.05) is 34.1 Å². The summed E-state index contributed by atoms with van der Waals surface area (Å²) in [7, 11) is 0. The van der Waals surface area contributed by atoms with Crippen LogP contribution in [0.15, 0.2) is 0 Å². The first-order valence-electron chi connectivity index (χ1n) is 0. The van der Waals surface area contributed by atoms with Gasteiger partial charge in [-0.05, 0) is 0 Å². The van der Waals surface area contributed by atoms with E-state index in [9.17, 15) is 0 Å². The van der Waals surface area contributed by atoms with Crippen molar-refractivity contribution in [3.05, 3.63) is 0 Å². The zero-order valence-corrected chi connectivity index (χ0v) is 9.56.